The maximum absolute atomic E-state index is 12.9. The van der Waals surface area contributed by atoms with E-state index in [0.29, 0.717) is 11.3 Å². The molecule has 35 heavy (non-hydrogen) atoms. The van der Waals surface area contributed by atoms with Crippen molar-refractivity contribution in [2.24, 2.45) is 5.18 Å². The Bertz CT molecular complexity index is 1590. The largest absolute Gasteiger partial charge is 0.489 e. The van der Waals surface area contributed by atoms with Crippen molar-refractivity contribution in [3.05, 3.63) is 125 Å². The highest BCUT2D eigenvalue weighted by molar-refractivity contribution is 6.10. The summed E-state index contributed by atoms with van der Waals surface area (Å²) in [6, 6.07) is 31.7. The van der Waals surface area contributed by atoms with Gasteiger partial charge >= 0.3 is 5.91 Å². The minimum atomic E-state index is -0.991. The first-order valence-electron chi connectivity index (χ1n) is 11.0. The van der Waals surface area contributed by atoms with Crippen LogP contribution in [0, 0.1) is 4.91 Å². The molecule has 5 rings (SSSR count). The number of anilines is 1. The molecule has 0 saturated carbocycles. The topological polar surface area (TPSA) is 84.8 Å². The lowest BCUT2D eigenvalue weighted by atomic mass is 10.1. The molecule has 0 aliphatic heterocycles. The van der Waals surface area contributed by atoms with E-state index in [2.05, 4.69) is 10.5 Å². The van der Waals surface area contributed by atoms with E-state index >= 15 is 0 Å². The molecule has 5 aromatic carbocycles. The minimum Gasteiger partial charge on any atom is -0.489 e. The molecule has 6 nitrogen and oxygen atoms in total. The first kappa shape index (κ1) is 22.0. The zero-order chi connectivity index (χ0) is 24.2. The van der Waals surface area contributed by atoms with Crippen molar-refractivity contribution < 1.29 is 14.3 Å². The number of ether oxygens (including phenoxy) is 1. The summed E-state index contributed by atoms with van der Waals surface area (Å²) in [6.07, 6.45) is 0. The van der Waals surface area contributed by atoms with Crippen molar-refractivity contribution in [1.29, 1.82) is 0 Å². The fourth-order valence-corrected chi connectivity index (χ4v) is 3.97. The molecule has 0 bridgehead atoms. The lowest BCUT2D eigenvalue weighted by Gasteiger charge is -2.12. The van der Waals surface area contributed by atoms with Crippen molar-refractivity contribution in [1.82, 2.24) is 0 Å². The number of rotatable bonds is 6. The van der Waals surface area contributed by atoms with Crippen LogP contribution in [0.15, 0.2) is 108 Å². The third kappa shape index (κ3) is 4.77. The van der Waals surface area contributed by atoms with Gasteiger partial charge < -0.3 is 10.1 Å². The second-order valence-corrected chi connectivity index (χ2v) is 8.09. The summed E-state index contributed by atoms with van der Waals surface area (Å²) in [5, 5.41) is 9.41. The van der Waals surface area contributed by atoms with Crippen molar-refractivity contribution >= 4 is 39.0 Å². The Morgan fingerprint density at radius 3 is 2.09 bits per heavy atom. The predicted molar refractivity (Wildman–Crippen MR) is 137 cm³/mol. The molecule has 170 valence electrons. The average Bonchev–Trinajstić information content (AvgIpc) is 2.91. The van der Waals surface area contributed by atoms with Gasteiger partial charge in [0.25, 0.3) is 5.91 Å². The second-order valence-electron chi connectivity index (χ2n) is 8.09. The third-order valence-electron chi connectivity index (χ3n) is 5.78. The van der Waals surface area contributed by atoms with Crippen molar-refractivity contribution in [2.45, 2.75) is 6.61 Å². The summed E-state index contributed by atoms with van der Waals surface area (Å²) >= 11 is 0. The Kier molecular flexibility index (Phi) is 6.01. The van der Waals surface area contributed by atoms with Crippen LogP contribution in [-0.4, -0.2) is 11.8 Å². The lowest BCUT2D eigenvalue weighted by Crippen LogP contribution is -2.14. The van der Waals surface area contributed by atoms with Gasteiger partial charge in [-0.05, 0) is 63.5 Å². The van der Waals surface area contributed by atoms with Crippen molar-refractivity contribution in [3.63, 3.8) is 0 Å². The Hall–Kier alpha value is -4.84. The van der Waals surface area contributed by atoms with Crippen LogP contribution in [0.25, 0.3) is 21.5 Å². The van der Waals surface area contributed by atoms with Crippen LogP contribution < -0.4 is 10.1 Å². The predicted octanol–water partition coefficient (Wildman–Crippen LogP) is 6.73. The summed E-state index contributed by atoms with van der Waals surface area (Å²) in [5.74, 6) is -1.01. The normalized spacial score (nSPS) is 10.7. The molecule has 0 fully saturated rings. The summed E-state index contributed by atoms with van der Waals surface area (Å²) in [7, 11) is 0. The number of amides is 2. The van der Waals surface area contributed by atoms with Crippen LogP contribution in [0.4, 0.5) is 5.69 Å². The molecule has 6 heteroatoms. The number of fused-ring (bicyclic) bond motifs is 2. The van der Waals surface area contributed by atoms with Gasteiger partial charge in [-0.1, -0.05) is 66.7 Å². The van der Waals surface area contributed by atoms with Gasteiger partial charge in [-0.3, -0.25) is 9.59 Å². The fraction of sp³-hybridized carbons (Fsp3) is 0.0345. The Morgan fingerprint density at radius 2 is 1.37 bits per heavy atom. The highest BCUT2D eigenvalue weighted by Crippen LogP contribution is 2.26. The van der Waals surface area contributed by atoms with E-state index in [4.69, 9.17) is 4.74 Å². The zero-order valence-corrected chi connectivity index (χ0v) is 18.6. The van der Waals surface area contributed by atoms with Crippen LogP contribution in [-0.2, 0) is 6.61 Å². The minimum absolute atomic E-state index is 0.0369. The summed E-state index contributed by atoms with van der Waals surface area (Å²) < 4.78 is 5.86. The summed E-state index contributed by atoms with van der Waals surface area (Å²) in [4.78, 5) is 36.1. The standard InChI is InChI=1S/C29H20N2O4/c32-28(24-12-11-21-6-2-4-8-23(21)16-24)30-27-14-13-25(17-26(27)29(33)31-34)35-18-19-9-10-20-5-1-3-7-22(20)15-19/h1-17H,18H2,(H,30,32). The zero-order valence-electron chi connectivity index (χ0n) is 18.6. The van der Waals surface area contributed by atoms with Gasteiger partial charge in [0.15, 0.2) is 0 Å². The second kappa shape index (κ2) is 9.57. The molecule has 5 aromatic rings. The van der Waals surface area contributed by atoms with E-state index < -0.39 is 11.8 Å². The van der Waals surface area contributed by atoms with E-state index in [9.17, 15) is 14.5 Å². The number of nitroso groups, excluding NO2 is 1. The van der Waals surface area contributed by atoms with E-state index in [1.807, 2.05) is 72.8 Å². The van der Waals surface area contributed by atoms with Crippen molar-refractivity contribution in [3.8, 4) is 5.75 Å². The molecule has 2 amide bonds. The van der Waals surface area contributed by atoms with Gasteiger partial charge in [0.1, 0.15) is 12.4 Å². The molecule has 0 aliphatic carbocycles. The maximum atomic E-state index is 12.9. The van der Waals surface area contributed by atoms with Gasteiger partial charge in [-0.2, -0.15) is 0 Å². The van der Waals surface area contributed by atoms with Gasteiger partial charge in [0.05, 0.1) is 11.3 Å². The highest BCUT2D eigenvalue weighted by atomic mass is 16.5. The summed E-state index contributed by atoms with van der Waals surface area (Å²) in [6.45, 7) is 0.274. The van der Waals surface area contributed by atoms with Crippen LogP contribution in [0.5, 0.6) is 5.75 Å². The van der Waals surface area contributed by atoms with E-state index in [0.717, 1.165) is 27.1 Å². The first-order valence-corrected chi connectivity index (χ1v) is 11.0. The number of hydrogen-bond acceptors (Lipinski definition) is 4. The number of benzene rings is 5. The first-order chi connectivity index (χ1) is 17.1. The summed E-state index contributed by atoms with van der Waals surface area (Å²) in [5.41, 5.74) is 1.53. The Morgan fingerprint density at radius 1 is 0.714 bits per heavy atom. The fourth-order valence-electron chi connectivity index (χ4n) is 3.97. The van der Waals surface area contributed by atoms with Crippen molar-refractivity contribution in [2.75, 3.05) is 5.32 Å². The van der Waals surface area contributed by atoms with E-state index in [-0.39, 0.29) is 17.9 Å². The third-order valence-corrected chi connectivity index (χ3v) is 5.78. The number of carbonyl (C=O) groups excluding carboxylic acids is 2. The molecule has 0 atom stereocenters. The highest BCUT2D eigenvalue weighted by Gasteiger charge is 2.17. The SMILES string of the molecule is O=NC(=O)c1cc(OCc2ccc3ccccc3c2)ccc1NC(=O)c1ccc2ccccc2c1. The Balaban J connectivity index is 1.36. The van der Waals surface area contributed by atoms with Crippen LogP contribution in [0.1, 0.15) is 26.3 Å². The molecule has 0 spiro atoms. The molecule has 0 aromatic heterocycles. The molecule has 1 N–H and O–H groups in total. The molecule has 0 heterocycles. The molecule has 0 unspecified atom stereocenters. The number of hydrogen-bond donors (Lipinski definition) is 1. The quantitative estimate of drug-likeness (QED) is 0.285. The van der Waals surface area contributed by atoms with E-state index in [1.54, 1.807) is 18.2 Å². The van der Waals surface area contributed by atoms with Gasteiger partial charge in [0.2, 0.25) is 0 Å². The van der Waals surface area contributed by atoms with E-state index in [1.165, 1.54) is 12.1 Å². The van der Waals surface area contributed by atoms with Crippen LogP contribution >= 0.6 is 0 Å². The molecule has 0 saturated heterocycles. The molecular weight excluding hydrogens is 440 g/mol. The number of carbonyl (C=O) groups is 2. The molecular formula is C29H20N2O4. The van der Waals surface area contributed by atoms with Gasteiger partial charge in [-0.25, -0.2) is 0 Å². The molecule has 0 radical (unpaired) electrons. The monoisotopic (exact) mass is 460 g/mol. The lowest BCUT2D eigenvalue weighted by molar-refractivity contribution is 0.100. The number of nitrogens with one attached hydrogen (secondary N) is 1. The van der Waals surface area contributed by atoms with Gasteiger partial charge in [0, 0.05) is 10.7 Å². The number of nitrogens with zero attached hydrogens (tertiary/aromatic N) is 1. The van der Waals surface area contributed by atoms with Gasteiger partial charge in [-0.15, -0.1) is 4.91 Å². The van der Waals surface area contributed by atoms with Crippen LogP contribution in [0.2, 0.25) is 0 Å². The average molecular weight is 460 g/mol. The maximum Gasteiger partial charge on any atom is 0.319 e. The molecule has 0 aliphatic rings. The van der Waals surface area contributed by atoms with Crippen LogP contribution in [0.3, 0.4) is 0 Å². The smallest absolute Gasteiger partial charge is 0.319 e. The Labute approximate surface area is 201 Å².